The quantitative estimate of drug-likeness (QED) is 0.791. The van der Waals surface area contributed by atoms with Crippen LogP contribution in [0.1, 0.15) is 30.6 Å². The minimum Gasteiger partial charge on any atom is -0.507 e. The van der Waals surface area contributed by atoms with Gasteiger partial charge in [0.1, 0.15) is 11.5 Å². The van der Waals surface area contributed by atoms with Crippen molar-refractivity contribution in [1.82, 2.24) is 0 Å². The molecule has 1 aliphatic heterocycles. The first-order valence-corrected chi connectivity index (χ1v) is 6.81. The van der Waals surface area contributed by atoms with E-state index in [1.54, 1.807) is 19.1 Å². The average Bonchev–Trinajstić information content (AvgIpc) is 2.36. The van der Waals surface area contributed by atoms with Gasteiger partial charge in [-0.3, -0.25) is 4.79 Å². The maximum absolute atomic E-state index is 10.8. The van der Waals surface area contributed by atoms with Crippen molar-refractivity contribution in [1.29, 1.82) is 0 Å². The van der Waals surface area contributed by atoms with Crippen molar-refractivity contribution in [2.24, 2.45) is 0 Å². The fourth-order valence-corrected chi connectivity index (χ4v) is 3.08. The minimum absolute atomic E-state index is 0.0156. The maximum atomic E-state index is 10.8. The predicted molar refractivity (Wildman–Crippen MR) is 76.5 cm³/mol. The van der Waals surface area contributed by atoms with Crippen molar-refractivity contribution in [2.45, 2.75) is 32.0 Å². The number of aliphatic carboxylic acids is 1. The number of benzene rings is 2. The topological polar surface area (TPSA) is 87.0 Å². The summed E-state index contributed by atoms with van der Waals surface area (Å²) in [5, 5.41) is 30.4. The molecule has 1 aliphatic rings. The second-order valence-electron chi connectivity index (χ2n) is 5.38. The first-order valence-electron chi connectivity index (χ1n) is 6.81. The third-order valence-electron chi connectivity index (χ3n) is 3.90. The number of rotatable bonds is 2. The number of hydrogen-bond acceptors (Lipinski definition) is 4. The van der Waals surface area contributed by atoms with E-state index in [4.69, 9.17) is 9.84 Å². The third-order valence-corrected chi connectivity index (χ3v) is 3.90. The van der Waals surface area contributed by atoms with Crippen molar-refractivity contribution < 1.29 is 24.9 Å². The van der Waals surface area contributed by atoms with E-state index in [-0.39, 0.29) is 17.9 Å². The lowest BCUT2D eigenvalue weighted by Gasteiger charge is -2.30. The number of phenols is 2. The molecule has 0 bridgehead atoms. The second kappa shape index (κ2) is 4.93. The van der Waals surface area contributed by atoms with Gasteiger partial charge in [-0.05, 0) is 30.4 Å². The van der Waals surface area contributed by atoms with Crippen molar-refractivity contribution in [2.75, 3.05) is 0 Å². The van der Waals surface area contributed by atoms with Crippen LogP contribution in [0.5, 0.6) is 11.5 Å². The van der Waals surface area contributed by atoms with Gasteiger partial charge in [0.25, 0.3) is 0 Å². The first kappa shape index (κ1) is 13.7. The molecule has 3 rings (SSSR count). The summed E-state index contributed by atoms with van der Waals surface area (Å²) in [5.41, 5.74) is 1.50. The van der Waals surface area contributed by atoms with E-state index < -0.39 is 18.2 Å². The average molecular weight is 288 g/mol. The highest BCUT2D eigenvalue weighted by molar-refractivity contribution is 5.95. The van der Waals surface area contributed by atoms with E-state index in [0.29, 0.717) is 17.4 Å². The molecule has 21 heavy (non-hydrogen) atoms. The van der Waals surface area contributed by atoms with Gasteiger partial charge >= 0.3 is 5.97 Å². The fourth-order valence-electron chi connectivity index (χ4n) is 3.08. The highest BCUT2D eigenvalue weighted by Gasteiger charge is 2.30. The van der Waals surface area contributed by atoms with Crippen LogP contribution in [0.2, 0.25) is 0 Å². The summed E-state index contributed by atoms with van der Waals surface area (Å²) in [6.07, 6.45) is -0.449. The SMILES string of the molecule is CC1OC(CC(=O)O)Cc2cc3cccc(O)c3c(O)c21. The van der Waals surface area contributed by atoms with Crippen LogP contribution in [0.15, 0.2) is 24.3 Å². The van der Waals surface area contributed by atoms with Gasteiger partial charge in [-0.1, -0.05) is 18.2 Å². The van der Waals surface area contributed by atoms with E-state index in [9.17, 15) is 15.0 Å². The van der Waals surface area contributed by atoms with Crippen LogP contribution in [0, 0.1) is 0 Å². The van der Waals surface area contributed by atoms with E-state index >= 15 is 0 Å². The monoisotopic (exact) mass is 288 g/mol. The predicted octanol–water partition coefficient (Wildman–Crippen LogP) is 2.73. The molecule has 5 heteroatoms. The Bertz CT molecular complexity index is 722. The maximum Gasteiger partial charge on any atom is 0.305 e. The van der Waals surface area contributed by atoms with E-state index in [1.165, 1.54) is 6.07 Å². The molecule has 0 amide bonds. The van der Waals surface area contributed by atoms with Crippen LogP contribution in [-0.2, 0) is 16.0 Å². The molecule has 0 saturated heterocycles. The van der Waals surface area contributed by atoms with Crippen LogP contribution in [0.3, 0.4) is 0 Å². The molecule has 2 atom stereocenters. The molecule has 0 radical (unpaired) electrons. The van der Waals surface area contributed by atoms with Gasteiger partial charge in [0.2, 0.25) is 0 Å². The molecule has 5 nitrogen and oxygen atoms in total. The van der Waals surface area contributed by atoms with Crippen LogP contribution in [-0.4, -0.2) is 27.4 Å². The number of hydrogen-bond donors (Lipinski definition) is 3. The lowest BCUT2D eigenvalue weighted by molar-refractivity contribution is -0.141. The number of phenolic OH excluding ortho intramolecular Hbond substituents is 2. The molecule has 0 fully saturated rings. The zero-order valence-electron chi connectivity index (χ0n) is 11.5. The number of fused-ring (bicyclic) bond motifs is 2. The minimum atomic E-state index is -0.904. The summed E-state index contributed by atoms with van der Waals surface area (Å²) in [7, 11) is 0. The van der Waals surface area contributed by atoms with Crippen molar-refractivity contribution in [3.05, 3.63) is 35.4 Å². The highest BCUT2D eigenvalue weighted by Crippen LogP contribution is 2.44. The summed E-state index contributed by atoms with van der Waals surface area (Å²) in [4.78, 5) is 10.8. The molecular formula is C16H16O5. The Morgan fingerprint density at radius 2 is 2.14 bits per heavy atom. The summed E-state index contributed by atoms with van der Waals surface area (Å²) in [6, 6.07) is 6.93. The van der Waals surface area contributed by atoms with Crippen LogP contribution >= 0.6 is 0 Å². The molecule has 3 N–H and O–H groups in total. The van der Waals surface area contributed by atoms with E-state index in [0.717, 1.165) is 10.9 Å². The Hall–Kier alpha value is -2.27. The molecule has 0 aliphatic carbocycles. The van der Waals surface area contributed by atoms with Gasteiger partial charge in [0, 0.05) is 5.56 Å². The standard InChI is InChI=1S/C16H16O5/c1-8-14-10(6-11(21-8)7-13(18)19)5-9-3-2-4-12(17)15(9)16(14)20/h2-5,8,11,17,20H,6-7H2,1H3,(H,18,19). The molecule has 2 aromatic rings. The summed E-state index contributed by atoms with van der Waals surface area (Å²) >= 11 is 0. The Kier molecular flexibility index (Phi) is 3.22. The molecule has 0 spiro atoms. The zero-order valence-corrected chi connectivity index (χ0v) is 11.5. The molecule has 2 aromatic carbocycles. The molecule has 1 heterocycles. The normalized spacial score (nSPS) is 21.2. The zero-order chi connectivity index (χ0) is 15.1. The number of carboxylic acids is 1. The molecule has 0 aromatic heterocycles. The Morgan fingerprint density at radius 1 is 1.38 bits per heavy atom. The van der Waals surface area contributed by atoms with Crippen molar-refractivity contribution in [3.63, 3.8) is 0 Å². The summed E-state index contributed by atoms with van der Waals surface area (Å²) in [5.74, 6) is -0.868. The lowest BCUT2D eigenvalue weighted by atomic mass is 9.89. The van der Waals surface area contributed by atoms with Gasteiger partial charge in [-0.15, -0.1) is 0 Å². The number of carboxylic acid groups (broad SMARTS) is 1. The van der Waals surface area contributed by atoms with E-state index in [1.807, 2.05) is 6.07 Å². The smallest absolute Gasteiger partial charge is 0.305 e. The van der Waals surface area contributed by atoms with Gasteiger partial charge < -0.3 is 20.1 Å². The molecule has 2 unspecified atom stereocenters. The lowest BCUT2D eigenvalue weighted by Crippen LogP contribution is -2.27. The van der Waals surface area contributed by atoms with Crippen molar-refractivity contribution >= 4 is 16.7 Å². The second-order valence-corrected chi connectivity index (χ2v) is 5.38. The first-order chi connectivity index (χ1) is 9.97. The summed E-state index contributed by atoms with van der Waals surface area (Å²) in [6.45, 7) is 1.78. The van der Waals surface area contributed by atoms with Crippen LogP contribution < -0.4 is 0 Å². The Balaban J connectivity index is 2.14. The fraction of sp³-hybridized carbons (Fsp3) is 0.312. The Morgan fingerprint density at radius 3 is 2.86 bits per heavy atom. The van der Waals surface area contributed by atoms with Gasteiger partial charge in [0.15, 0.2) is 0 Å². The number of ether oxygens (including phenoxy) is 1. The van der Waals surface area contributed by atoms with Crippen LogP contribution in [0.4, 0.5) is 0 Å². The summed E-state index contributed by atoms with van der Waals surface area (Å²) < 4.78 is 5.67. The largest absolute Gasteiger partial charge is 0.507 e. The van der Waals surface area contributed by atoms with Gasteiger partial charge in [-0.2, -0.15) is 0 Å². The van der Waals surface area contributed by atoms with Crippen molar-refractivity contribution in [3.8, 4) is 11.5 Å². The molecular weight excluding hydrogens is 272 g/mol. The molecule has 0 saturated carbocycles. The van der Waals surface area contributed by atoms with E-state index in [2.05, 4.69) is 0 Å². The number of aromatic hydroxyl groups is 2. The molecule has 110 valence electrons. The van der Waals surface area contributed by atoms with Gasteiger partial charge in [0.05, 0.1) is 24.0 Å². The van der Waals surface area contributed by atoms with Gasteiger partial charge in [-0.25, -0.2) is 0 Å². The van der Waals surface area contributed by atoms with Crippen LogP contribution in [0.25, 0.3) is 10.8 Å². The highest BCUT2D eigenvalue weighted by atomic mass is 16.5. The number of carbonyl (C=O) groups is 1. The third kappa shape index (κ3) is 2.29. The Labute approximate surface area is 121 Å².